The molecule has 4 N–H and O–H groups in total. The van der Waals surface area contributed by atoms with Gasteiger partial charge in [-0.05, 0) is 43.4 Å². The van der Waals surface area contributed by atoms with Crippen molar-refractivity contribution in [2.24, 2.45) is 16.6 Å². The van der Waals surface area contributed by atoms with Gasteiger partial charge in [-0.15, -0.1) is 0 Å². The van der Waals surface area contributed by atoms with Gasteiger partial charge in [0.2, 0.25) is 0 Å². The molecule has 1 aromatic carbocycles. The molecule has 0 bridgehead atoms. The third-order valence-electron chi connectivity index (χ3n) is 4.11. The number of phenols is 1. The lowest BCUT2D eigenvalue weighted by Gasteiger charge is -2.31. The van der Waals surface area contributed by atoms with E-state index in [0.717, 1.165) is 38.3 Å². The molecule has 0 radical (unpaired) electrons. The summed E-state index contributed by atoms with van der Waals surface area (Å²) in [5, 5.41) is 12.2. The normalized spacial score (nSPS) is 16.4. The minimum Gasteiger partial charge on any atom is -0.508 e. The van der Waals surface area contributed by atoms with Crippen molar-refractivity contribution in [3.63, 3.8) is 0 Å². The van der Waals surface area contributed by atoms with E-state index >= 15 is 0 Å². The maximum atomic E-state index is 11.9. The Bertz CT molecular complexity index is 551. The number of aromatic hydroxyl groups is 1. The third-order valence-corrected chi connectivity index (χ3v) is 4.11. The smallest absolute Gasteiger partial charge is 0.251 e. The summed E-state index contributed by atoms with van der Waals surface area (Å²) >= 11 is 0. The van der Waals surface area contributed by atoms with Crippen LogP contribution in [0.3, 0.4) is 0 Å². The third kappa shape index (κ3) is 5.47. The van der Waals surface area contributed by atoms with Crippen molar-refractivity contribution in [3.8, 4) is 5.75 Å². The Hall–Kier alpha value is -2.24. The molecular weight excluding hydrogens is 292 g/mol. The number of likely N-dealkylation sites (tertiary alicyclic amines) is 1. The summed E-state index contributed by atoms with van der Waals surface area (Å²) in [5.41, 5.74) is 6.46. The highest BCUT2D eigenvalue weighted by atomic mass is 16.3. The summed E-state index contributed by atoms with van der Waals surface area (Å²) < 4.78 is 0. The zero-order valence-corrected chi connectivity index (χ0v) is 13.7. The Morgan fingerprint density at radius 3 is 2.87 bits per heavy atom. The molecule has 1 amide bonds. The first kappa shape index (κ1) is 17.1. The average Bonchev–Trinajstić information content (AvgIpc) is 2.54. The Balaban J connectivity index is 1.67. The van der Waals surface area contributed by atoms with E-state index in [-0.39, 0.29) is 11.7 Å². The van der Waals surface area contributed by atoms with Crippen LogP contribution in [-0.4, -0.2) is 48.1 Å². The van der Waals surface area contributed by atoms with Crippen molar-refractivity contribution in [1.82, 2.24) is 10.2 Å². The Morgan fingerprint density at radius 1 is 1.43 bits per heavy atom. The number of phenolic OH excluding ortho intramolecular Hbond substituents is 1. The number of hydrogen-bond acceptors (Lipinski definition) is 3. The lowest BCUT2D eigenvalue weighted by Crippen LogP contribution is -2.42. The zero-order valence-electron chi connectivity index (χ0n) is 13.7. The summed E-state index contributed by atoms with van der Waals surface area (Å²) in [5.74, 6) is 1.27. The molecule has 2 rings (SSSR count). The minimum absolute atomic E-state index is 0.0888. The summed E-state index contributed by atoms with van der Waals surface area (Å²) in [6.07, 6.45) is 3.06. The Kier molecular flexibility index (Phi) is 6.26. The average molecular weight is 318 g/mol. The van der Waals surface area contributed by atoms with Crippen molar-refractivity contribution in [2.45, 2.75) is 26.2 Å². The molecule has 1 fully saturated rings. The molecule has 23 heavy (non-hydrogen) atoms. The SMILES string of the molecule is CC1CCN(C(N)=NCCCNC(=O)c2cccc(O)c2)CC1. The van der Waals surface area contributed by atoms with Crippen molar-refractivity contribution < 1.29 is 9.90 Å². The van der Waals surface area contributed by atoms with Gasteiger partial charge < -0.3 is 21.1 Å². The van der Waals surface area contributed by atoms with Crippen LogP contribution in [-0.2, 0) is 0 Å². The molecule has 1 heterocycles. The van der Waals surface area contributed by atoms with Crippen LogP contribution in [0.25, 0.3) is 0 Å². The molecule has 1 aromatic rings. The first-order valence-corrected chi connectivity index (χ1v) is 8.18. The molecule has 1 aliphatic heterocycles. The molecule has 0 atom stereocenters. The van der Waals surface area contributed by atoms with Gasteiger partial charge in [-0.1, -0.05) is 13.0 Å². The van der Waals surface area contributed by atoms with Crippen LogP contribution in [0.4, 0.5) is 0 Å². The molecule has 0 saturated carbocycles. The van der Waals surface area contributed by atoms with Gasteiger partial charge >= 0.3 is 0 Å². The number of nitrogens with one attached hydrogen (secondary N) is 1. The lowest BCUT2D eigenvalue weighted by atomic mass is 10.00. The fourth-order valence-corrected chi connectivity index (χ4v) is 2.56. The van der Waals surface area contributed by atoms with Crippen LogP contribution in [0.1, 0.15) is 36.5 Å². The number of nitrogens with zero attached hydrogens (tertiary/aromatic N) is 2. The molecule has 126 valence electrons. The molecule has 0 unspecified atom stereocenters. The maximum Gasteiger partial charge on any atom is 0.251 e. The Morgan fingerprint density at radius 2 is 2.17 bits per heavy atom. The van der Waals surface area contributed by atoms with Crippen LogP contribution in [0.15, 0.2) is 29.3 Å². The van der Waals surface area contributed by atoms with Crippen LogP contribution in [0.2, 0.25) is 0 Å². The number of nitrogens with two attached hydrogens (primary N) is 1. The highest BCUT2D eigenvalue weighted by molar-refractivity contribution is 5.94. The second kappa shape index (κ2) is 8.41. The fraction of sp³-hybridized carbons (Fsp3) is 0.529. The number of piperidine rings is 1. The van der Waals surface area contributed by atoms with Gasteiger partial charge in [-0.2, -0.15) is 0 Å². The van der Waals surface area contributed by atoms with Crippen LogP contribution >= 0.6 is 0 Å². The largest absolute Gasteiger partial charge is 0.508 e. The predicted octanol–water partition coefficient (Wildman–Crippen LogP) is 1.56. The highest BCUT2D eigenvalue weighted by Gasteiger charge is 2.16. The van der Waals surface area contributed by atoms with Crippen LogP contribution in [0, 0.1) is 5.92 Å². The number of amides is 1. The van der Waals surface area contributed by atoms with Gasteiger partial charge in [0, 0.05) is 31.7 Å². The monoisotopic (exact) mass is 318 g/mol. The van der Waals surface area contributed by atoms with Gasteiger partial charge in [-0.25, -0.2) is 0 Å². The number of aliphatic imine (C=N–C) groups is 1. The molecule has 0 aromatic heterocycles. The summed E-state index contributed by atoms with van der Waals surface area (Å²) in [7, 11) is 0. The molecule has 6 heteroatoms. The van der Waals surface area contributed by atoms with Gasteiger partial charge in [0.1, 0.15) is 5.75 Å². The van der Waals surface area contributed by atoms with E-state index < -0.39 is 0 Å². The van der Waals surface area contributed by atoms with E-state index in [0.29, 0.717) is 24.6 Å². The molecule has 1 aliphatic rings. The maximum absolute atomic E-state index is 11.9. The van der Waals surface area contributed by atoms with Crippen molar-refractivity contribution in [1.29, 1.82) is 0 Å². The molecule has 0 aliphatic carbocycles. The molecule has 0 spiro atoms. The number of rotatable bonds is 5. The summed E-state index contributed by atoms with van der Waals surface area (Å²) in [4.78, 5) is 18.4. The number of carbonyl (C=O) groups excluding carboxylic acids is 1. The van der Waals surface area contributed by atoms with E-state index in [1.165, 1.54) is 12.1 Å². The van der Waals surface area contributed by atoms with E-state index in [2.05, 4.69) is 22.1 Å². The van der Waals surface area contributed by atoms with Crippen LogP contribution < -0.4 is 11.1 Å². The van der Waals surface area contributed by atoms with E-state index in [1.54, 1.807) is 12.1 Å². The fourth-order valence-electron chi connectivity index (χ4n) is 2.56. The van der Waals surface area contributed by atoms with Gasteiger partial charge in [0.25, 0.3) is 5.91 Å². The Labute approximate surface area is 137 Å². The standard InChI is InChI=1S/C17H26N4O2/c1-13-6-10-21(11-7-13)17(18)20-9-3-8-19-16(23)14-4-2-5-15(22)12-14/h2,4-5,12-13,22H,3,6-11H2,1H3,(H2,18,20)(H,19,23). The van der Waals surface area contributed by atoms with E-state index in [1.807, 2.05) is 0 Å². The van der Waals surface area contributed by atoms with Crippen molar-refractivity contribution in [3.05, 3.63) is 29.8 Å². The highest BCUT2D eigenvalue weighted by Crippen LogP contribution is 2.15. The minimum atomic E-state index is -0.192. The number of benzene rings is 1. The van der Waals surface area contributed by atoms with Crippen molar-refractivity contribution >= 4 is 11.9 Å². The van der Waals surface area contributed by atoms with Gasteiger partial charge in [0.05, 0.1) is 0 Å². The van der Waals surface area contributed by atoms with E-state index in [4.69, 9.17) is 5.73 Å². The predicted molar refractivity (Wildman–Crippen MR) is 91.5 cm³/mol. The second-order valence-electron chi connectivity index (χ2n) is 6.07. The molecular formula is C17H26N4O2. The van der Waals surface area contributed by atoms with Gasteiger partial charge in [-0.3, -0.25) is 9.79 Å². The number of guanidine groups is 1. The number of carbonyl (C=O) groups is 1. The van der Waals surface area contributed by atoms with Crippen molar-refractivity contribution in [2.75, 3.05) is 26.2 Å². The number of hydrogen-bond donors (Lipinski definition) is 3. The first-order chi connectivity index (χ1) is 11.1. The van der Waals surface area contributed by atoms with Gasteiger partial charge in [0.15, 0.2) is 5.96 Å². The zero-order chi connectivity index (χ0) is 16.7. The summed E-state index contributed by atoms with van der Waals surface area (Å²) in [6, 6.07) is 6.30. The molecule has 1 saturated heterocycles. The van der Waals surface area contributed by atoms with E-state index in [9.17, 15) is 9.90 Å². The lowest BCUT2D eigenvalue weighted by molar-refractivity contribution is 0.0953. The molecule has 6 nitrogen and oxygen atoms in total. The second-order valence-corrected chi connectivity index (χ2v) is 6.07. The topological polar surface area (TPSA) is 91.0 Å². The summed E-state index contributed by atoms with van der Waals surface area (Å²) in [6.45, 7) is 5.34. The quantitative estimate of drug-likeness (QED) is 0.436. The first-order valence-electron chi connectivity index (χ1n) is 8.18. The van der Waals surface area contributed by atoms with Crippen LogP contribution in [0.5, 0.6) is 5.75 Å².